The van der Waals surface area contributed by atoms with Crippen molar-refractivity contribution < 1.29 is 14.3 Å². The van der Waals surface area contributed by atoms with E-state index >= 15 is 0 Å². The molecular weight excluding hydrogens is 318 g/mol. The summed E-state index contributed by atoms with van der Waals surface area (Å²) in [5.41, 5.74) is 2.07. The van der Waals surface area contributed by atoms with Crippen LogP contribution in [0.1, 0.15) is 27.7 Å². The van der Waals surface area contributed by atoms with Crippen LogP contribution in [-0.2, 0) is 11.3 Å². The molecule has 2 heterocycles. The van der Waals surface area contributed by atoms with Crippen LogP contribution in [0.3, 0.4) is 0 Å². The zero-order valence-electron chi connectivity index (χ0n) is 15.2. The first kappa shape index (κ1) is 17.1. The normalized spacial score (nSPS) is 11.7. The third-order valence-corrected chi connectivity index (χ3v) is 3.93. The third-order valence-electron chi connectivity index (χ3n) is 3.93. The molecule has 1 aromatic carbocycles. The maximum absolute atomic E-state index is 12.7. The Morgan fingerprint density at radius 2 is 2.04 bits per heavy atom. The molecule has 0 aliphatic rings. The van der Waals surface area contributed by atoms with Crippen LogP contribution in [0.2, 0.25) is 0 Å². The molecule has 3 aromatic rings. The number of carbonyl (C=O) groups is 1. The predicted molar refractivity (Wildman–Crippen MR) is 97.0 cm³/mol. The van der Waals surface area contributed by atoms with E-state index in [-0.39, 0.29) is 0 Å². The van der Waals surface area contributed by atoms with Crippen LogP contribution in [0.15, 0.2) is 36.9 Å². The van der Waals surface area contributed by atoms with Crippen LogP contribution in [0, 0.1) is 0 Å². The smallest absolute Gasteiger partial charge is 0.419 e. The molecule has 0 atom stereocenters. The number of methoxy groups -OCH3 is 1. The monoisotopic (exact) mass is 341 g/mol. The highest BCUT2D eigenvalue weighted by Crippen LogP contribution is 2.33. The van der Waals surface area contributed by atoms with Crippen LogP contribution in [0.5, 0.6) is 5.75 Å². The molecule has 3 rings (SSSR count). The molecule has 25 heavy (non-hydrogen) atoms. The van der Waals surface area contributed by atoms with Crippen molar-refractivity contribution in [2.45, 2.75) is 39.8 Å². The van der Waals surface area contributed by atoms with Crippen molar-refractivity contribution in [3.8, 4) is 17.0 Å². The minimum absolute atomic E-state index is 0.406. The molecule has 132 valence electrons. The van der Waals surface area contributed by atoms with E-state index < -0.39 is 11.7 Å². The molecule has 0 saturated carbocycles. The van der Waals surface area contributed by atoms with Crippen molar-refractivity contribution in [1.82, 2.24) is 14.1 Å². The van der Waals surface area contributed by atoms with Gasteiger partial charge < -0.3 is 14.0 Å². The first-order valence-corrected chi connectivity index (χ1v) is 8.27. The third kappa shape index (κ3) is 3.24. The second-order valence-corrected chi connectivity index (χ2v) is 6.84. The zero-order valence-corrected chi connectivity index (χ0v) is 15.2. The molecule has 6 heteroatoms. The number of rotatable bonds is 3. The molecule has 0 unspecified atom stereocenters. The summed E-state index contributed by atoms with van der Waals surface area (Å²) in [5, 5.41) is 0.917. The van der Waals surface area contributed by atoms with E-state index in [1.165, 1.54) is 0 Å². The van der Waals surface area contributed by atoms with Crippen molar-refractivity contribution in [3.63, 3.8) is 0 Å². The number of imidazole rings is 1. The summed E-state index contributed by atoms with van der Waals surface area (Å²) in [6.07, 6.45) is 4.99. The van der Waals surface area contributed by atoms with E-state index in [0.29, 0.717) is 0 Å². The molecule has 0 N–H and O–H groups in total. The fraction of sp³-hybridized carbons (Fsp3) is 0.368. The van der Waals surface area contributed by atoms with Gasteiger partial charge in [-0.25, -0.2) is 9.78 Å². The van der Waals surface area contributed by atoms with Gasteiger partial charge in [-0.15, -0.1) is 0 Å². The lowest BCUT2D eigenvalue weighted by Crippen LogP contribution is -2.26. The maximum atomic E-state index is 12.7. The van der Waals surface area contributed by atoms with Gasteiger partial charge in [0.05, 0.1) is 30.8 Å². The van der Waals surface area contributed by atoms with Gasteiger partial charge in [-0.05, 0) is 45.9 Å². The number of fused-ring (bicyclic) bond motifs is 1. The summed E-state index contributed by atoms with van der Waals surface area (Å²) >= 11 is 0. The maximum Gasteiger partial charge on any atom is 0.419 e. The molecule has 0 saturated heterocycles. The van der Waals surface area contributed by atoms with E-state index in [1.54, 1.807) is 30.4 Å². The Kier molecular flexibility index (Phi) is 4.29. The van der Waals surface area contributed by atoms with Crippen LogP contribution in [0.4, 0.5) is 4.79 Å². The highest BCUT2D eigenvalue weighted by molar-refractivity contribution is 6.00. The number of aromatic nitrogens is 3. The van der Waals surface area contributed by atoms with Crippen LogP contribution >= 0.6 is 0 Å². The standard InChI is InChI=1S/C19H23N3O3/c1-6-21-12-20-10-17(21)15-11-22(18(23)25-19(2,3)4)16-8-7-13(24-5)9-14(15)16/h7-12H,6H2,1-5H3. The lowest BCUT2D eigenvalue weighted by molar-refractivity contribution is 0.0544. The molecule has 0 aliphatic heterocycles. The summed E-state index contributed by atoms with van der Waals surface area (Å²) in [5.74, 6) is 0.734. The van der Waals surface area contributed by atoms with Gasteiger partial charge in [0.1, 0.15) is 11.4 Å². The number of hydrogen-bond donors (Lipinski definition) is 0. The van der Waals surface area contributed by atoms with E-state index in [0.717, 1.165) is 34.5 Å². The van der Waals surface area contributed by atoms with Gasteiger partial charge in [0, 0.05) is 23.7 Å². The van der Waals surface area contributed by atoms with E-state index in [1.807, 2.05) is 43.5 Å². The Hall–Kier alpha value is -2.76. The molecule has 0 radical (unpaired) electrons. The van der Waals surface area contributed by atoms with E-state index in [9.17, 15) is 4.79 Å². The fourth-order valence-corrected chi connectivity index (χ4v) is 2.80. The fourth-order valence-electron chi connectivity index (χ4n) is 2.80. The van der Waals surface area contributed by atoms with Gasteiger partial charge in [0.15, 0.2) is 0 Å². The molecular formula is C19H23N3O3. The minimum atomic E-state index is -0.564. The highest BCUT2D eigenvalue weighted by Gasteiger charge is 2.22. The average Bonchev–Trinajstić information content (AvgIpc) is 3.16. The minimum Gasteiger partial charge on any atom is -0.497 e. The van der Waals surface area contributed by atoms with Crippen molar-refractivity contribution in [2.24, 2.45) is 0 Å². The van der Waals surface area contributed by atoms with Crippen LogP contribution < -0.4 is 4.74 Å². The summed E-state index contributed by atoms with van der Waals surface area (Å²) in [7, 11) is 1.63. The summed E-state index contributed by atoms with van der Waals surface area (Å²) in [6.45, 7) is 8.41. The molecule has 0 spiro atoms. The Morgan fingerprint density at radius 3 is 2.68 bits per heavy atom. The molecule has 0 fully saturated rings. The van der Waals surface area contributed by atoms with E-state index in [4.69, 9.17) is 9.47 Å². The van der Waals surface area contributed by atoms with Crippen molar-refractivity contribution in [3.05, 3.63) is 36.9 Å². The molecule has 2 aromatic heterocycles. The molecule has 0 amide bonds. The lowest BCUT2D eigenvalue weighted by Gasteiger charge is -2.19. The first-order chi connectivity index (χ1) is 11.8. The van der Waals surface area contributed by atoms with Crippen molar-refractivity contribution in [1.29, 1.82) is 0 Å². The molecule has 0 bridgehead atoms. The topological polar surface area (TPSA) is 58.3 Å². The zero-order chi connectivity index (χ0) is 18.2. The van der Waals surface area contributed by atoms with Gasteiger partial charge in [-0.3, -0.25) is 4.57 Å². The number of aryl methyl sites for hydroxylation is 1. The predicted octanol–water partition coefficient (Wildman–Crippen LogP) is 4.32. The van der Waals surface area contributed by atoms with Gasteiger partial charge >= 0.3 is 6.09 Å². The number of carbonyl (C=O) groups excluding carboxylic acids is 1. The van der Waals surface area contributed by atoms with Gasteiger partial charge in [0.2, 0.25) is 0 Å². The van der Waals surface area contributed by atoms with Crippen molar-refractivity contribution >= 4 is 17.0 Å². The van der Waals surface area contributed by atoms with Gasteiger partial charge in [0.25, 0.3) is 0 Å². The quantitative estimate of drug-likeness (QED) is 0.712. The summed E-state index contributed by atoms with van der Waals surface area (Å²) < 4.78 is 14.5. The number of ether oxygens (including phenoxy) is 2. The second kappa shape index (κ2) is 6.27. The van der Waals surface area contributed by atoms with Crippen molar-refractivity contribution in [2.75, 3.05) is 7.11 Å². The largest absolute Gasteiger partial charge is 0.497 e. The van der Waals surface area contributed by atoms with Gasteiger partial charge in [-0.1, -0.05) is 0 Å². The summed E-state index contributed by atoms with van der Waals surface area (Å²) in [6, 6.07) is 5.64. The van der Waals surface area contributed by atoms with E-state index in [2.05, 4.69) is 11.9 Å². The number of hydrogen-bond acceptors (Lipinski definition) is 4. The van der Waals surface area contributed by atoms with Crippen LogP contribution in [0.25, 0.3) is 22.2 Å². The Bertz CT molecular complexity index is 916. The first-order valence-electron chi connectivity index (χ1n) is 8.27. The number of nitrogens with zero attached hydrogens (tertiary/aromatic N) is 3. The SMILES string of the molecule is CCn1cncc1-c1cn(C(=O)OC(C)(C)C)c2ccc(OC)cc12. The van der Waals surface area contributed by atoms with Crippen LogP contribution in [-0.4, -0.2) is 32.9 Å². The molecule has 6 nitrogen and oxygen atoms in total. The Balaban J connectivity index is 2.21. The Morgan fingerprint density at radius 1 is 1.28 bits per heavy atom. The average molecular weight is 341 g/mol. The summed E-state index contributed by atoms with van der Waals surface area (Å²) in [4.78, 5) is 16.9. The molecule has 0 aliphatic carbocycles. The van der Waals surface area contributed by atoms with Gasteiger partial charge in [-0.2, -0.15) is 0 Å². The second-order valence-electron chi connectivity index (χ2n) is 6.84. The highest BCUT2D eigenvalue weighted by atomic mass is 16.6. The lowest BCUT2D eigenvalue weighted by atomic mass is 10.1. The number of benzene rings is 1. The Labute approximate surface area is 147 Å².